The minimum Gasteiger partial charge on any atom is -0.376 e. The van der Waals surface area contributed by atoms with E-state index in [1.807, 2.05) is 4.90 Å². The number of ether oxygens (including phenoxy) is 1. The molecule has 106 valence electrons. The van der Waals surface area contributed by atoms with E-state index in [4.69, 9.17) is 4.74 Å². The van der Waals surface area contributed by atoms with Crippen molar-refractivity contribution in [3.8, 4) is 0 Å². The quantitative estimate of drug-likeness (QED) is 0.834. The first kappa shape index (κ1) is 15.4. The van der Waals surface area contributed by atoms with Crippen LogP contribution in [0.5, 0.6) is 0 Å². The molecule has 1 atom stereocenters. The lowest BCUT2D eigenvalue weighted by atomic mass is 10.1. The Morgan fingerprint density at radius 2 is 2.17 bits per heavy atom. The van der Waals surface area contributed by atoms with Crippen molar-refractivity contribution in [1.29, 1.82) is 0 Å². The summed E-state index contributed by atoms with van der Waals surface area (Å²) < 4.78 is 5.68. The summed E-state index contributed by atoms with van der Waals surface area (Å²) in [7, 11) is 0. The highest BCUT2D eigenvalue weighted by Crippen LogP contribution is 2.10. The Labute approximate surface area is 111 Å². The van der Waals surface area contributed by atoms with Gasteiger partial charge in [-0.15, -0.1) is 0 Å². The number of amides is 1. The lowest BCUT2D eigenvalue weighted by Gasteiger charge is -2.25. The molecule has 1 N–H and O–H groups in total. The lowest BCUT2D eigenvalue weighted by molar-refractivity contribution is -0.131. The number of hydrogen-bond donors (Lipinski definition) is 1. The van der Waals surface area contributed by atoms with E-state index in [1.165, 1.54) is 0 Å². The van der Waals surface area contributed by atoms with Crippen molar-refractivity contribution in [1.82, 2.24) is 10.2 Å². The molecule has 0 spiro atoms. The molecule has 0 bridgehead atoms. The van der Waals surface area contributed by atoms with Crippen LogP contribution in [0.15, 0.2) is 0 Å². The average Bonchev–Trinajstić information content (AvgIpc) is 2.52. The third-order valence-corrected chi connectivity index (χ3v) is 3.15. The van der Waals surface area contributed by atoms with Crippen LogP contribution in [0, 0.1) is 0 Å². The molecule has 0 saturated carbocycles. The van der Waals surface area contributed by atoms with Crippen molar-refractivity contribution in [3.63, 3.8) is 0 Å². The Balaban J connectivity index is 2.35. The van der Waals surface area contributed by atoms with E-state index in [0.29, 0.717) is 6.42 Å². The first-order valence-electron chi connectivity index (χ1n) is 7.07. The molecule has 1 aliphatic heterocycles. The van der Waals surface area contributed by atoms with Gasteiger partial charge in [0.25, 0.3) is 0 Å². The van der Waals surface area contributed by atoms with Gasteiger partial charge in [-0.2, -0.15) is 0 Å². The Morgan fingerprint density at radius 1 is 1.44 bits per heavy atom. The summed E-state index contributed by atoms with van der Waals surface area (Å²) >= 11 is 0. The fourth-order valence-corrected chi connectivity index (χ4v) is 2.07. The highest BCUT2D eigenvalue weighted by Gasteiger charge is 2.21. The van der Waals surface area contributed by atoms with Gasteiger partial charge in [0.1, 0.15) is 0 Å². The molecule has 0 aliphatic carbocycles. The Hall–Kier alpha value is -0.610. The van der Waals surface area contributed by atoms with E-state index >= 15 is 0 Å². The molecule has 1 saturated heterocycles. The van der Waals surface area contributed by atoms with E-state index in [0.717, 1.165) is 39.1 Å². The molecule has 4 heteroatoms. The van der Waals surface area contributed by atoms with Crippen LogP contribution in [0.1, 0.15) is 47.0 Å². The SMILES string of the molecule is CCC1CN(C(=O)CCNC(C)(C)C)CCCO1. The van der Waals surface area contributed by atoms with Gasteiger partial charge in [0.15, 0.2) is 0 Å². The summed E-state index contributed by atoms with van der Waals surface area (Å²) in [6.45, 7) is 11.6. The zero-order valence-corrected chi connectivity index (χ0v) is 12.3. The molecule has 1 unspecified atom stereocenters. The number of carbonyl (C=O) groups excluding carboxylic acids is 1. The normalized spacial score (nSPS) is 21.8. The monoisotopic (exact) mass is 256 g/mol. The van der Waals surface area contributed by atoms with Crippen molar-refractivity contribution < 1.29 is 9.53 Å². The van der Waals surface area contributed by atoms with Gasteiger partial charge in [-0.1, -0.05) is 6.92 Å². The maximum absolute atomic E-state index is 12.1. The van der Waals surface area contributed by atoms with Crippen LogP contribution < -0.4 is 5.32 Å². The van der Waals surface area contributed by atoms with E-state index in [-0.39, 0.29) is 17.6 Å². The Bertz CT molecular complexity index is 261. The van der Waals surface area contributed by atoms with Crippen LogP contribution >= 0.6 is 0 Å². The van der Waals surface area contributed by atoms with E-state index in [2.05, 4.69) is 33.0 Å². The summed E-state index contributed by atoms with van der Waals surface area (Å²) in [5, 5.41) is 3.35. The van der Waals surface area contributed by atoms with Gasteiger partial charge in [0.2, 0.25) is 5.91 Å². The minimum atomic E-state index is 0.0775. The van der Waals surface area contributed by atoms with Gasteiger partial charge in [0, 0.05) is 38.2 Å². The Kier molecular flexibility index (Phi) is 6.09. The molecule has 1 rings (SSSR count). The predicted octanol–water partition coefficient (Wildman–Crippen LogP) is 1.79. The molecule has 1 amide bonds. The third-order valence-electron chi connectivity index (χ3n) is 3.15. The third kappa shape index (κ3) is 5.83. The summed E-state index contributed by atoms with van der Waals surface area (Å²) in [4.78, 5) is 14.1. The van der Waals surface area contributed by atoms with Crippen molar-refractivity contribution in [2.24, 2.45) is 0 Å². The van der Waals surface area contributed by atoms with Gasteiger partial charge in [-0.25, -0.2) is 0 Å². The fraction of sp³-hybridized carbons (Fsp3) is 0.929. The molecule has 18 heavy (non-hydrogen) atoms. The topological polar surface area (TPSA) is 41.6 Å². The van der Waals surface area contributed by atoms with E-state index in [1.54, 1.807) is 0 Å². The second-order valence-electron chi connectivity index (χ2n) is 6.02. The zero-order valence-electron chi connectivity index (χ0n) is 12.3. The molecular weight excluding hydrogens is 228 g/mol. The van der Waals surface area contributed by atoms with E-state index in [9.17, 15) is 4.79 Å². The average molecular weight is 256 g/mol. The highest BCUT2D eigenvalue weighted by atomic mass is 16.5. The second-order valence-corrected chi connectivity index (χ2v) is 6.02. The highest BCUT2D eigenvalue weighted by molar-refractivity contribution is 5.76. The molecular formula is C14H28N2O2. The largest absolute Gasteiger partial charge is 0.376 e. The predicted molar refractivity (Wildman–Crippen MR) is 73.6 cm³/mol. The summed E-state index contributed by atoms with van der Waals surface area (Å²) in [5.41, 5.74) is 0.0775. The van der Waals surface area contributed by atoms with Gasteiger partial charge in [-0.05, 0) is 33.6 Å². The zero-order chi connectivity index (χ0) is 13.6. The molecule has 4 nitrogen and oxygen atoms in total. The van der Waals surface area contributed by atoms with Crippen LogP contribution in [0.3, 0.4) is 0 Å². The van der Waals surface area contributed by atoms with Gasteiger partial charge in [-0.3, -0.25) is 4.79 Å². The molecule has 0 radical (unpaired) electrons. The van der Waals surface area contributed by atoms with Crippen molar-refractivity contribution in [2.45, 2.75) is 58.6 Å². The fourth-order valence-electron chi connectivity index (χ4n) is 2.07. The van der Waals surface area contributed by atoms with Gasteiger partial charge >= 0.3 is 0 Å². The van der Waals surface area contributed by atoms with Crippen LogP contribution in [0.2, 0.25) is 0 Å². The number of hydrogen-bond acceptors (Lipinski definition) is 3. The Morgan fingerprint density at radius 3 is 2.78 bits per heavy atom. The van der Waals surface area contributed by atoms with Crippen molar-refractivity contribution in [3.05, 3.63) is 0 Å². The molecule has 1 fully saturated rings. The van der Waals surface area contributed by atoms with Crippen LogP contribution in [-0.4, -0.2) is 48.7 Å². The molecule has 1 heterocycles. The van der Waals surface area contributed by atoms with Crippen LogP contribution in [-0.2, 0) is 9.53 Å². The van der Waals surface area contributed by atoms with Crippen molar-refractivity contribution >= 4 is 5.91 Å². The number of rotatable bonds is 4. The smallest absolute Gasteiger partial charge is 0.223 e. The standard InChI is InChI=1S/C14H28N2O2/c1-5-12-11-16(9-6-10-18-12)13(17)7-8-15-14(2,3)4/h12,15H,5-11H2,1-4H3. The maximum atomic E-state index is 12.1. The number of carbonyl (C=O) groups is 1. The molecule has 0 aromatic heterocycles. The lowest BCUT2D eigenvalue weighted by Crippen LogP contribution is -2.41. The second kappa shape index (κ2) is 7.10. The van der Waals surface area contributed by atoms with Crippen molar-refractivity contribution in [2.75, 3.05) is 26.2 Å². The summed E-state index contributed by atoms with van der Waals surface area (Å²) in [6.07, 6.45) is 2.72. The maximum Gasteiger partial charge on any atom is 0.223 e. The van der Waals surface area contributed by atoms with Gasteiger partial charge in [0.05, 0.1) is 6.10 Å². The van der Waals surface area contributed by atoms with Gasteiger partial charge < -0.3 is 15.0 Å². The number of nitrogens with one attached hydrogen (secondary N) is 1. The molecule has 0 aromatic rings. The van der Waals surface area contributed by atoms with Crippen LogP contribution in [0.25, 0.3) is 0 Å². The summed E-state index contributed by atoms with van der Waals surface area (Å²) in [5.74, 6) is 0.246. The van der Waals surface area contributed by atoms with Crippen LogP contribution in [0.4, 0.5) is 0 Å². The molecule has 1 aliphatic rings. The summed E-state index contributed by atoms with van der Waals surface area (Å²) in [6, 6.07) is 0. The van der Waals surface area contributed by atoms with E-state index < -0.39 is 0 Å². The first-order valence-corrected chi connectivity index (χ1v) is 7.07. The first-order chi connectivity index (χ1) is 8.42. The molecule has 0 aromatic carbocycles. The minimum absolute atomic E-state index is 0.0775. The number of nitrogens with zero attached hydrogens (tertiary/aromatic N) is 1.